The van der Waals surface area contributed by atoms with Crippen LogP contribution in [0.1, 0.15) is 20.3 Å². The molecule has 0 saturated heterocycles. The first-order valence-electron chi connectivity index (χ1n) is 4.56. The standard InChI is InChI=1S/C9H18O3S/c1-3-12-5-4-6-13-7-8(2)9(10)11/h8H,3-7H2,1-2H3,(H,10,11). The second kappa shape index (κ2) is 8.38. The average molecular weight is 206 g/mol. The van der Waals surface area contributed by atoms with Crippen LogP contribution in [0.4, 0.5) is 0 Å². The van der Waals surface area contributed by atoms with Crippen molar-refractivity contribution in [2.45, 2.75) is 20.3 Å². The molecule has 0 bridgehead atoms. The smallest absolute Gasteiger partial charge is 0.307 e. The topological polar surface area (TPSA) is 46.5 Å². The van der Waals surface area contributed by atoms with Gasteiger partial charge in [-0.3, -0.25) is 4.79 Å². The Labute approximate surface area is 83.9 Å². The molecule has 4 heteroatoms. The summed E-state index contributed by atoms with van der Waals surface area (Å²) in [4.78, 5) is 10.4. The van der Waals surface area contributed by atoms with E-state index in [4.69, 9.17) is 9.84 Å². The van der Waals surface area contributed by atoms with Gasteiger partial charge in [-0.2, -0.15) is 11.8 Å². The lowest BCUT2D eigenvalue weighted by Gasteiger charge is -2.05. The van der Waals surface area contributed by atoms with Crippen LogP contribution in [0.5, 0.6) is 0 Å². The van der Waals surface area contributed by atoms with Gasteiger partial charge in [-0.05, 0) is 19.1 Å². The number of hydrogen-bond acceptors (Lipinski definition) is 3. The maximum absolute atomic E-state index is 10.4. The molecule has 0 radical (unpaired) electrons. The van der Waals surface area contributed by atoms with Crippen molar-refractivity contribution in [3.8, 4) is 0 Å². The van der Waals surface area contributed by atoms with Gasteiger partial charge >= 0.3 is 5.97 Å². The van der Waals surface area contributed by atoms with E-state index in [0.29, 0.717) is 5.75 Å². The van der Waals surface area contributed by atoms with Gasteiger partial charge in [-0.15, -0.1) is 0 Å². The van der Waals surface area contributed by atoms with Gasteiger partial charge in [-0.1, -0.05) is 6.92 Å². The molecule has 78 valence electrons. The summed E-state index contributed by atoms with van der Waals surface area (Å²) in [7, 11) is 0. The minimum atomic E-state index is -0.711. The zero-order chi connectivity index (χ0) is 10.1. The molecule has 0 rings (SSSR count). The fourth-order valence-electron chi connectivity index (χ4n) is 0.739. The lowest BCUT2D eigenvalue weighted by molar-refractivity contribution is -0.140. The van der Waals surface area contributed by atoms with Crippen molar-refractivity contribution >= 4 is 17.7 Å². The van der Waals surface area contributed by atoms with Crippen molar-refractivity contribution in [1.29, 1.82) is 0 Å². The number of ether oxygens (including phenoxy) is 1. The molecule has 1 atom stereocenters. The third-order valence-corrected chi connectivity index (χ3v) is 2.88. The SMILES string of the molecule is CCOCCCSCC(C)C(=O)O. The first kappa shape index (κ1) is 12.8. The maximum Gasteiger partial charge on any atom is 0.307 e. The molecule has 3 nitrogen and oxygen atoms in total. The second-order valence-corrected chi connectivity index (χ2v) is 4.01. The second-order valence-electron chi connectivity index (χ2n) is 2.86. The summed E-state index contributed by atoms with van der Waals surface area (Å²) >= 11 is 1.68. The molecule has 0 aliphatic rings. The minimum Gasteiger partial charge on any atom is -0.481 e. The highest BCUT2D eigenvalue weighted by Gasteiger charge is 2.09. The van der Waals surface area contributed by atoms with Gasteiger partial charge in [0.15, 0.2) is 0 Å². The normalized spacial score (nSPS) is 12.8. The van der Waals surface area contributed by atoms with Gasteiger partial charge in [0.1, 0.15) is 0 Å². The fraction of sp³-hybridized carbons (Fsp3) is 0.889. The highest BCUT2D eigenvalue weighted by Crippen LogP contribution is 2.09. The summed E-state index contributed by atoms with van der Waals surface area (Å²) in [5, 5.41) is 8.58. The van der Waals surface area contributed by atoms with Gasteiger partial charge in [0, 0.05) is 19.0 Å². The van der Waals surface area contributed by atoms with Crippen LogP contribution in [-0.2, 0) is 9.53 Å². The third-order valence-electron chi connectivity index (χ3n) is 1.57. The van der Waals surface area contributed by atoms with Gasteiger partial charge in [0.2, 0.25) is 0 Å². The Morgan fingerprint density at radius 1 is 1.62 bits per heavy atom. The predicted molar refractivity (Wildman–Crippen MR) is 55.2 cm³/mol. The molecule has 0 aromatic rings. The van der Waals surface area contributed by atoms with Crippen LogP contribution in [0, 0.1) is 5.92 Å². The van der Waals surface area contributed by atoms with E-state index in [1.54, 1.807) is 18.7 Å². The summed E-state index contributed by atoms with van der Waals surface area (Å²) < 4.78 is 5.16. The van der Waals surface area contributed by atoms with Crippen LogP contribution < -0.4 is 0 Å². The molecule has 0 aliphatic heterocycles. The first-order valence-corrected chi connectivity index (χ1v) is 5.72. The molecule has 1 unspecified atom stereocenters. The number of rotatable bonds is 8. The molecular formula is C9H18O3S. The van der Waals surface area contributed by atoms with E-state index < -0.39 is 5.97 Å². The molecule has 0 aromatic heterocycles. The Bertz CT molecular complexity index is 139. The first-order chi connectivity index (χ1) is 6.18. The molecule has 13 heavy (non-hydrogen) atoms. The Hall–Kier alpha value is -0.220. The molecule has 0 fully saturated rings. The quantitative estimate of drug-likeness (QED) is 0.616. The van der Waals surface area contributed by atoms with Gasteiger partial charge in [-0.25, -0.2) is 0 Å². The molecule has 0 aromatic carbocycles. The molecule has 0 spiro atoms. The summed E-state index contributed by atoms with van der Waals surface area (Å²) in [5.74, 6) is 0.730. The van der Waals surface area contributed by atoms with Crippen LogP contribution in [0.25, 0.3) is 0 Å². The lowest BCUT2D eigenvalue weighted by Crippen LogP contribution is -2.12. The van der Waals surface area contributed by atoms with E-state index in [9.17, 15) is 4.79 Å². The van der Waals surface area contributed by atoms with E-state index in [1.807, 2.05) is 6.92 Å². The number of hydrogen-bond donors (Lipinski definition) is 1. The zero-order valence-electron chi connectivity index (χ0n) is 8.28. The number of carbonyl (C=O) groups is 1. The van der Waals surface area contributed by atoms with Crippen LogP contribution in [0.3, 0.4) is 0 Å². The van der Waals surface area contributed by atoms with Crippen molar-refractivity contribution in [2.24, 2.45) is 5.92 Å². The maximum atomic E-state index is 10.4. The number of carboxylic acid groups (broad SMARTS) is 1. The van der Waals surface area contributed by atoms with Crippen molar-refractivity contribution < 1.29 is 14.6 Å². The molecule has 0 heterocycles. The largest absolute Gasteiger partial charge is 0.481 e. The highest BCUT2D eigenvalue weighted by atomic mass is 32.2. The Morgan fingerprint density at radius 2 is 2.31 bits per heavy atom. The summed E-state index contributed by atoms with van der Waals surface area (Å²) in [6.07, 6.45) is 1.00. The molecule has 0 amide bonds. The van der Waals surface area contributed by atoms with Gasteiger partial charge in [0.05, 0.1) is 5.92 Å². The third kappa shape index (κ3) is 8.12. The highest BCUT2D eigenvalue weighted by molar-refractivity contribution is 7.99. The van der Waals surface area contributed by atoms with Crippen LogP contribution in [0.15, 0.2) is 0 Å². The Morgan fingerprint density at radius 3 is 2.85 bits per heavy atom. The van der Waals surface area contributed by atoms with E-state index in [-0.39, 0.29) is 5.92 Å². The van der Waals surface area contributed by atoms with Crippen molar-refractivity contribution in [3.05, 3.63) is 0 Å². The van der Waals surface area contributed by atoms with E-state index in [0.717, 1.165) is 25.4 Å². The van der Waals surface area contributed by atoms with Crippen molar-refractivity contribution in [1.82, 2.24) is 0 Å². The Kier molecular flexibility index (Phi) is 8.24. The molecular weight excluding hydrogens is 188 g/mol. The van der Waals surface area contributed by atoms with Crippen LogP contribution in [-0.4, -0.2) is 35.8 Å². The minimum absolute atomic E-state index is 0.239. The van der Waals surface area contributed by atoms with Crippen LogP contribution >= 0.6 is 11.8 Å². The molecule has 0 saturated carbocycles. The number of carboxylic acids is 1. The van der Waals surface area contributed by atoms with Gasteiger partial charge < -0.3 is 9.84 Å². The monoisotopic (exact) mass is 206 g/mol. The van der Waals surface area contributed by atoms with E-state index in [1.165, 1.54) is 0 Å². The van der Waals surface area contributed by atoms with E-state index in [2.05, 4.69) is 0 Å². The summed E-state index contributed by atoms with van der Waals surface area (Å²) in [6, 6.07) is 0. The molecule has 0 aliphatic carbocycles. The zero-order valence-corrected chi connectivity index (χ0v) is 9.10. The Balaban J connectivity index is 3.11. The lowest BCUT2D eigenvalue weighted by atomic mass is 10.2. The summed E-state index contributed by atoms with van der Waals surface area (Å²) in [5.41, 5.74) is 0. The van der Waals surface area contributed by atoms with Gasteiger partial charge in [0.25, 0.3) is 0 Å². The van der Waals surface area contributed by atoms with Crippen LogP contribution in [0.2, 0.25) is 0 Å². The average Bonchev–Trinajstić information content (AvgIpc) is 2.10. The number of aliphatic carboxylic acids is 1. The summed E-state index contributed by atoms with van der Waals surface area (Å²) in [6.45, 7) is 5.25. The fourth-order valence-corrected chi connectivity index (χ4v) is 1.72. The van der Waals surface area contributed by atoms with E-state index >= 15 is 0 Å². The number of thioether (sulfide) groups is 1. The molecule has 1 N–H and O–H groups in total. The predicted octanol–water partition coefficient (Wildman–Crippen LogP) is 1.87. The van der Waals surface area contributed by atoms with Crippen molar-refractivity contribution in [2.75, 3.05) is 24.7 Å². The van der Waals surface area contributed by atoms with Crippen molar-refractivity contribution in [3.63, 3.8) is 0 Å².